The van der Waals surface area contributed by atoms with Gasteiger partial charge in [0.1, 0.15) is 0 Å². The van der Waals surface area contributed by atoms with Crippen LogP contribution in [0.1, 0.15) is 16.7 Å². The molecule has 0 aromatic heterocycles. The van der Waals surface area contributed by atoms with Crippen molar-refractivity contribution in [2.24, 2.45) is 0 Å². The molecule has 1 nitrogen and oxygen atoms in total. The van der Waals surface area contributed by atoms with E-state index < -0.39 is 0 Å². The Hall–Kier alpha value is -1.38. The van der Waals surface area contributed by atoms with E-state index in [0.717, 1.165) is 13.1 Å². The lowest BCUT2D eigenvalue weighted by Crippen LogP contribution is -2.18. The summed E-state index contributed by atoms with van der Waals surface area (Å²) < 4.78 is 1.22. The molecule has 0 atom stereocenters. The van der Waals surface area contributed by atoms with Crippen LogP contribution in [0.5, 0.6) is 0 Å². The predicted molar refractivity (Wildman–Crippen MR) is 85.0 cm³/mol. The van der Waals surface area contributed by atoms with Gasteiger partial charge in [-0.05, 0) is 45.2 Å². The van der Waals surface area contributed by atoms with Crippen LogP contribution < -0.4 is 0 Å². The second kappa shape index (κ2) is 5.32. The predicted octanol–water partition coefficient (Wildman–Crippen LogP) is 4.40. The van der Waals surface area contributed by atoms with E-state index in [1.165, 1.54) is 26.7 Å². The van der Waals surface area contributed by atoms with E-state index in [0.29, 0.717) is 0 Å². The Morgan fingerprint density at radius 1 is 0.895 bits per heavy atom. The van der Waals surface area contributed by atoms with E-state index in [9.17, 15) is 0 Å². The van der Waals surface area contributed by atoms with Gasteiger partial charge in [-0.1, -0.05) is 54.6 Å². The van der Waals surface area contributed by atoms with Crippen molar-refractivity contribution in [3.63, 3.8) is 0 Å². The lowest BCUT2D eigenvalue weighted by atomic mass is 10.0. The van der Waals surface area contributed by atoms with Crippen LogP contribution in [0, 0.1) is 0 Å². The summed E-state index contributed by atoms with van der Waals surface area (Å²) in [6.07, 6.45) is 0. The molecule has 0 saturated heterocycles. The summed E-state index contributed by atoms with van der Waals surface area (Å²) in [4.78, 5) is 2.36. The highest BCUT2D eigenvalue weighted by Gasteiger charge is 2.18. The minimum absolute atomic E-state index is 0.958. The number of rotatable bonds is 1. The van der Waals surface area contributed by atoms with Gasteiger partial charge in [0.05, 0.1) is 0 Å². The Labute approximate surface area is 122 Å². The second-order valence-corrected chi connectivity index (χ2v) is 5.78. The van der Waals surface area contributed by atoms with E-state index in [-0.39, 0.29) is 0 Å². The van der Waals surface area contributed by atoms with Crippen molar-refractivity contribution < 1.29 is 0 Å². The van der Waals surface area contributed by atoms with Crippen molar-refractivity contribution in [2.75, 3.05) is 13.6 Å². The van der Waals surface area contributed by atoms with E-state index in [1.807, 2.05) is 0 Å². The summed E-state index contributed by atoms with van der Waals surface area (Å²) in [6.45, 7) is 1.95. The van der Waals surface area contributed by atoms with Gasteiger partial charge in [0.2, 0.25) is 0 Å². The molecule has 0 bridgehead atoms. The van der Waals surface area contributed by atoms with Crippen molar-refractivity contribution in [3.05, 3.63) is 71.3 Å². The maximum atomic E-state index is 3.82. The second-order valence-electron chi connectivity index (χ2n) is 4.99. The highest BCUT2D eigenvalue weighted by molar-refractivity contribution is 9.15. The first kappa shape index (κ1) is 12.6. The average Bonchev–Trinajstić information content (AvgIpc) is 2.57. The Kier molecular flexibility index (Phi) is 3.54. The molecular formula is C17H16BrN. The number of likely N-dealkylation sites (N-methyl/N-ethyl adjacent to an activating group) is 1. The molecule has 0 spiro atoms. The molecule has 0 saturated carbocycles. The van der Waals surface area contributed by atoms with Crippen LogP contribution in [0.15, 0.2) is 54.6 Å². The summed E-state index contributed by atoms with van der Waals surface area (Å²) in [5.41, 5.74) is 5.33. The summed E-state index contributed by atoms with van der Waals surface area (Å²) in [7, 11) is 2.17. The molecule has 1 aliphatic heterocycles. The highest BCUT2D eigenvalue weighted by Crippen LogP contribution is 2.36. The third-order valence-corrected chi connectivity index (χ3v) is 4.42. The van der Waals surface area contributed by atoms with E-state index in [4.69, 9.17) is 0 Å². The van der Waals surface area contributed by atoms with Crippen LogP contribution >= 0.6 is 15.9 Å². The van der Waals surface area contributed by atoms with Crippen molar-refractivity contribution in [1.29, 1.82) is 0 Å². The average molecular weight is 314 g/mol. The zero-order chi connectivity index (χ0) is 13.2. The molecule has 2 heteroatoms. The molecule has 0 radical (unpaired) electrons. The van der Waals surface area contributed by atoms with Crippen LogP contribution in [-0.2, 0) is 6.54 Å². The van der Waals surface area contributed by atoms with Gasteiger partial charge >= 0.3 is 0 Å². The highest BCUT2D eigenvalue weighted by atomic mass is 79.9. The Bertz CT molecular complexity index is 616. The van der Waals surface area contributed by atoms with Gasteiger partial charge in [-0.2, -0.15) is 0 Å². The summed E-state index contributed by atoms with van der Waals surface area (Å²) in [5, 5.41) is 0. The Morgan fingerprint density at radius 3 is 2.37 bits per heavy atom. The molecule has 0 amide bonds. The quantitative estimate of drug-likeness (QED) is 0.754. The van der Waals surface area contributed by atoms with Crippen LogP contribution in [0.2, 0.25) is 0 Å². The van der Waals surface area contributed by atoms with Crippen LogP contribution in [0.3, 0.4) is 0 Å². The Morgan fingerprint density at radius 2 is 1.58 bits per heavy atom. The minimum atomic E-state index is 0.958. The number of benzene rings is 2. The molecule has 0 unspecified atom stereocenters. The zero-order valence-corrected chi connectivity index (χ0v) is 12.5. The molecule has 1 heterocycles. The molecule has 0 fully saturated rings. The SMILES string of the molecule is CN1CC(c2ccccc2)=C(Br)c2ccccc2C1. The third-order valence-electron chi connectivity index (χ3n) is 3.51. The van der Waals surface area contributed by atoms with Gasteiger partial charge in [-0.25, -0.2) is 0 Å². The monoisotopic (exact) mass is 313 g/mol. The fourth-order valence-corrected chi connectivity index (χ4v) is 3.32. The molecular weight excluding hydrogens is 298 g/mol. The summed E-state index contributed by atoms with van der Waals surface area (Å²) in [6, 6.07) is 19.2. The van der Waals surface area contributed by atoms with Gasteiger partial charge in [0.15, 0.2) is 0 Å². The zero-order valence-electron chi connectivity index (χ0n) is 10.9. The van der Waals surface area contributed by atoms with Crippen molar-refractivity contribution >= 4 is 26.0 Å². The van der Waals surface area contributed by atoms with Crippen LogP contribution in [0.4, 0.5) is 0 Å². The molecule has 2 aromatic carbocycles. The van der Waals surface area contributed by atoms with Crippen molar-refractivity contribution in [1.82, 2.24) is 4.90 Å². The number of hydrogen-bond acceptors (Lipinski definition) is 1. The van der Waals surface area contributed by atoms with Gasteiger partial charge in [0.25, 0.3) is 0 Å². The topological polar surface area (TPSA) is 3.24 Å². The van der Waals surface area contributed by atoms with E-state index in [2.05, 4.69) is 82.5 Å². The van der Waals surface area contributed by atoms with Gasteiger partial charge in [-0.15, -0.1) is 0 Å². The largest absolute Gasteiger partial charge is 0.298 e. The van der Waals surface area contributed by atoms with E-state index in [1.54, 1.807) is 0 Å². The fourth-order valence-electron chi connectivity index (χ4n) is 2.58. The lowest BCUT2D eigenvalue weighted by molar-refractivity contribution is 0.371. The first-order valence-electron chi connectivity index (χ1n) is 6.46. The van der Waals surface area contributed by atoms with E-state index >= 15 is 0 Å². The number of fused-ring (bicyclic) bond motifs is 1. The maximum absolute atomic E-state index is 3.82. The van der Waals surface area contributed by atoms with Crippen LogP contribution in [-0.4, -0.2) is 18.5 Å². The standard InChI is InChI=1S/C17H16BrN/c1-19-11-14-9-5-6-10-15(14)17(18)16(12-19)13-7-3-2-4-8-13/h2-10H,11-12H2,1H3. The van der Waals surface area contributed by atoms with Gasteiger partial charge in [-0.3, -0.25) is 4.90 Å². The smallest absolute Gasteiger partial charge is 0.0302 e. The first-order valence-corrected chi connectivity index (χ1v) is 7.26. The van der Waals surface area contributed by atoms with Gasteiger partial charge in [0, 0.05) is 17.6 Å². The molecule has 2 aromatic rings. The molecule has 0 N–H and O–H groups in total. The lowest BCUT2D eigenvalue weighted by Gasteiger charge is -2.16. The normalized spacial score (nSPS) is 16.1. The minimum Gasteiger partial charge on any atom is -0.298 e. The number of nitrogens with zero attached hydrogens (tertiary/aromatic N) is 1. The van der Waals surface area contributed by atoms with Gasteiger partial charge < -0.3 is 0 Å². The maximum Gasteiger partial charge on any atom is 0.0302 e. The molecule has 96 valence electrons. The van der Waals surface area contributed by atoms with Crippen LogP contribution in [0.25, 0.3) is 10.1 Å². The number of hydrogen-bond donors (Lipinski definition) is 0. The molecule has 19 heavy (non-hydrogen) atoms. The molecule has 3 rings (SSSR count). The number of halogens is 1. The molecule has 1 aliphatic rings. The molecule has 0 aliphatic carbocycles. The first-order chi connectivity index (χ1) is 9.25. The Balaban J connectivity index is 2.18. The summed E-state index contributed by atoms with van der Waals surface area (Å²) >= 11 is 3.82. The third kappa shape index (κ3) is 2.51. The van der Waals surface area contributed by atoms with Crippen molar-refractivity contribution in [3.8, 4) is 0 Å². The summed E-state index contributed by atoms with van der Waals surface area (Å²) in [5.74, 6) is 0. The fraction of sp³-hybridized carbons (Fsp3) is 0.176. The van der Waals surface area contributed by atoms with Crippen molar-refractivity contribution in [2.45, 2.75) is 6.54 Å².